The Hall–Kier alpha value is -3.02. The molecule has 2 aromatic carbocycles. The highest BCUT2D eigenvalue weighted by molar-refractivity contribution is 7.86. The lowest BCUT2D eigenvalue weighted by Gasteiger charge is -2.27. The maximum absolute atomic E-state index is 12.0. The van der Waals surface area contributed by atoms with E-state index in [1.807, 2.05) is 26.0 Å². The number of nitrogens with zero attached hydrogens (tertiary/aromatic N) is 2. The zero-order chi connectivity index (χ0) is 36.6. The molecule has 0 spiro atoms. The monoisotopic (exact) mass is 741 g/mol. The number of hydrogen-bond donors (Lipinski definition) is 2. The number of benzene rings is 2. The van der Waals surface area contributed by atoms with E-state index < -0.39 is 25.7 Å². The van der Waals surface area contributed by atoms with Crippen LogP contribution in [0.25, 0.3) is 0 Å². The van der Waals surface area contributed by atoms with Gasteiger partial charge in [0, 0.05) is 52.5 Å². The van der Waals surface area contributed by atoms with Crippen molar-refractivity contribution in [3.05, 3.63) is 99.3 Å². The highest BCUT2D eigenvalue weighted by Crippen LogP contribution is 2.49. The molecule has 3 aliphatic rings. The second-order valence-electron chi connectivity index (χ2n) is 14.7. The number of unbranched alkanes of at least 4 members (excludes halogenated alkanes) is 2. The Morgan fingerprint density at radius 2 is 1.64 bits per heavy atom. The zero-order valence-corrected chi connectivity index (χ0v) is 32.3. The fourth-order valence-electron chi connectivity index (χ4n) is 7.52. The van der Waals surface area contributed by atoms with Crippen molar-refractivity contribution in [3.63, 3.8) is 0 Å². The molecule has 0 amide bonds. The van der Waals surface area contributed by atoms with Gasteiger partial charge in [-0.25, -0.2) is 0 Å². The molecule has 0 atom stereocenters. The minimum Gasteiger partial charge on any atom is -0.344 e. The molecule has 11 heteroatoms. The molecule has 2 aromatic rings. The predicted octanol–water partition coefficient (Wildman–Crippen LogP) is 8.93. The van der Waals surface area contributed by atoms with Crippen LogP contribution in [0.15, 0.2) is 87.5 Å². The molecule has 0 fully saturated rings. The Morgan fingerprint density at radius 1 is 0.900 bits per heavy atom. The summed E-state index contributed by atoms with van der Waals surface area (Å²) in [6, 6.07) is 11.3. The average Bonchev–Trinajstić information content (AvgIpc) is 3.37. The third kappa shape index (κ3) is 7.89. The van der Waals surface area contributed by atoms with Gasteiger partial charge in [0.25, 0.3) is 20.2 Å². The van der Waals surface area contributed by atoms with Gasteiger partial charge >= 0.3 is 0 Å². The first-order chi connectivity index (χ1) is 23.4. The van der Waals surface area contributed by atoms with E-state index in [0.717, 1.165) is 71.8 Å². The smallest absolute Gasteiger partial charge is 0.294 e. The summed E-state index contributed by atoms with van der Waals surface area (Å²) in [6.45, 7) is 14.3. The van der Waals surface area contributed by atoms with Crippen molar-refractivity contribution >= 4 is 48.9 Å². The molecule has 0 bridgehead atoms. The first kappa shape index (κ1) is 38.2. The molecular weight excluding hydrogens is 692 g/mol. The number of fused-ring (bicyclic) bond motifs is 2. The standard InChI is InChI=1S/C39H49ClN2O6S2/c1-7-8-22-41-33-18-14-27(2)25-31(33)38(3,4)35(41)20-15-28-12-11-13-29(37(28)40)16-21-36-39(5,6)32-26-30(50(46,47)48)17-19-34(32)42(36)23-9-10-24-49(43,44)45/h14-21,25-26H,7-13,22-24H2,1-6H3,(H-,43,44,45,46,47,48)/p+1. The van der Waals surface area contributed by atoms with Crippen LogP contribution in [0.4, 0.5) is 11.4 Å². The fourth-order valence-corrected chi connectivity index (χ4v) is 8.91. The van der Waals surface area contributed by atoms with Gasteiger partial charge in [0.1, 0.15) is 6.54 Å². The van der Waals surface area contributed by atoms with Gasteiger partial charge in [-0.05, 0) is 99.9 Å². The molecule has 50 heavy (non-hydrogen) atoms. The van der Waals surface area contributed by atoms with Crippen LogP contribution in [-0.2, 0) is 31.1 Å². The van der Waals surface area contributed by atoms with Gasteiger partial charge in [0.2, 0.25) is 5.69 Å². The van der Waals surface area contributed by atoms with Gasteiger partial charge < -0.3 is 4.90 Å². The molecule has 0 saturated carbocycles. The zero-order valence-electron chi connectivity index (χ0n) is 30.0. The van der Waals surface area contributed by atoms with Crippen LogP contribution >= 0.6 is 11.6 Å². The number of aryl methyl sites for hydroxylation is 1. The molecule has 8 nitrogen and oxygen atoms in total. The number of hydrogen-bond acceptors (Lipinski definition) is 5. The number of halogens is 1. The molecule has 270 valence electrons. The maximum atomic E-state index is 12.0. The minimum atomic E-state index is -4.41. The first-order valence-corrected chi connectivity index (χ1v) is 20.9. The third-order valence-electron chi connectivity index (χ3n) is 10.3. The number of anilines is 1. The Balaban J connectivity index is 1.50. The van der Waals surface area contributed by atoms with Crippen molar-refractivity contribution in [1.82, 2.24) is 0 Å². The van der Waals surface area contributed by atoms with Gasteiger partial charge in [-0.15, -0.1) is 0 Å². The third-order valence-corrected chi connectivity index (χ3v) is 12.5. The lowest BCUT2D eigenvalue weighted by atomic mass is 9.80. The molecular formula is C39H50ClN2O6S2+. The van der Waals surface area contributed by atoms with Crippen LogP contribution in [0.2, 0.25) is 0 Å². The summed E-state index contributed by atoms with van der Waals surface area (Å²) in [4.78, 5) is 1.88. The van der Waals surface area contributed by atoms with Crippen molar-refractivity contribution in [1.29, 1.82) is 0 Å². The van der Waals surface area contributed by atoms with Gasteiger partial charge in [0.15, 0.2) is 5.71 Å². The predicted molar refractivity (Wildman–Crippen MR) is 203 cm³/mol. The highest BCUT2D eigenvalue weighted by Gasteiger charge is 2.44. The van der Waals surface area contributed by atoms with E-state index in [0.29, 0.717) is 13.0 Å². The van der Waals surface area contributed by atoms with E-state index in [9.17, 15) is 25.9 Å². The molecule has 2 N–H and O–H groups in total. The van der Waals surface area contributed by atoms with Crippen molar-refractivity contribution in [2.24, 2.45) is 0 Å². The maximum Gasteiger partial charge on any atom is 0.294 e. The van der Waals surface area contributed by atoms with Crippen molar-refractivity contribution in [3.8, 4) is 0 Å². The van der Waals surface area contributed by atoms with Gasteiger partial charge in [0.05, 0.1) is 16.1 Å². The van der Waals surface area contributed by atoms with Crippen molar-refractivity contribution < 1.29 is 30.5 Å². The topological polar surface area (TPSA) is 115 Å². The molecule has 0 saturated heterocycles. The van der Waals surface area contributed by atoms with E-state index in [-0.39, 0.29) is 22.5 Å². The Bertz CT molecular complexity index is 2050. The second kappa shape index (κ2) is 14.5. The molecule has 2 aliphatic heterocycles. The largest absolute Gasteiger partial charge is 0.344 e. The molecule has 1 aliphatic carbocycles. The van der Waals surface area contributed by atoms with Crippen molar-refractivity contribution in [2.45, 2.75) is 102 Å². The lowest BCUT2D eigenvalue weighted by molar-refractivity contribution is -0.438. The molecule has 0 radical (unpaired) electrons. The van der Waals surface area contributed by atoms with Gasteiger partial charge in [-0.3, -0.25) is 9.11 Å². The first-order valence-electron chi connectivity index (χ1n) is 17.5. The SMILES string of the molecule is CCCC[N+]1=C(/C=C/C2=C(Cl)C(=C/C=C3/N(CCCCS(=O)(=O)O)c4ccc(S(=O)(=O)O)cc4C3(C)C)/CCC2)C(C)(C)c2cc(C)ccc21. The Morgan fingerprint density at radius 3 is 2.32 bits per heavy atom. The van der Waals surface area contributed by atoms with E-state index in [4.69, 9.17) is 11.6 Å². The van der Waals surface area contributed by atoms with Crippen LogP contribution in [0.5, 0.6) is 0 Å². The van der Waals surface area contributed by atoms with Crippen LogP contribution < -0.4 is 4.90 Å². The van der Waals surface area contributed by atoms with E-state index in [1.54, 1.807) is 6.07 Å². The van der Waals surface area contributed by atoms with Crippen LogP contribution in [-0.4, -0.2) is 55.1 Å². The van der Waals surface area contributed by atoms with Gasteiger partial charge in [-0.1, -0.05) is 62.6 Å². The summed E-state index contributed by atoms with van der Waals surface area (Å²) in [5.41, 5.74) is 8.87. The summed E-state index contributed by atoms with van der Waals surface area (Å²) < 4.78 is 68.2. The quantitative estimate of drug-likeness (QED) is 0.127. The summed E-state index contributed by atoms with van der Waals surface area (Å²) in [6.07, 6.45) is 14.1. The summed E-state index contributed by atoms with van der Waals surface area (Å²) in [5, 5.41) is 0.732. The summed E-state index contributed by atoms with van der Waals surface area (Å²) >= 11 is 7.15. The average molecular weight is 742 g/mol. The van der Waals surface area contributed by atoms with Crippen LogP contribution in [0.1, 0.15) is 96.3 Å². The van der Waals surface area contributed by atoms with Crippen LogP contribution in [0.3, 0.4) is 0 Å². The van der Waals surface area contributed by atoms with E-state index in [1.165, 1.54) is 34.7 Å². The molecule has 0 aromatic heterocycles. The van der Waals surface area contributed by atoms with Crippen molar-refractivity contribution in [2.75, 3.05) is 23.7 Å². The second-order valence-corrected chi connectivity index (χ2v) is 18.1. The van der Waals surface area contributed by atoms with E-state index in [2.05, 4.69) is 67.5 Å². The lowest BCUT2D eigenvalue weighted by Crippen LogP contribution is -2.28. The fraction of sp³-hybridized carbons (Fsp3) is 0.462. The summed E-state index contributed by atoms with van der Waals surface area (Å²) in [5.74, 6) is -0.336. The highest BCUT2D eigenvalue weighted by atomic mass is 35.5. The van der Waals surface area contributed by atoms with Crippen LogP contribution in [0, 0.1) is 6.92 Å². The Labute approximate surface area is 303 Å². The Kier molecular flexibility index (Phi) is 11.1. The number of rotatable bonds is 12. The van der Waals surface area contributed by atoms with Gasteiger partial charge in [-0.2, -0.15) is 21.4 Å². The minimum absolute atomic E-state index is 0.153. The number of allylic oxidation sites excluding steroid dienone is 8. The van der Waals surface area contributed by atoms with E-state index >= 15 is 0 Å². The summed E-state index contributed by atoms with van der Waals surface area (Å²) in [7, 11) is -8.50. The molecule has 5 rings (SSSR count). The molecule has 0 unspecified atom stereocenters. The molecule has 2 heterocycles. The normalized spacial score (nSPS) is 20.5.